The molecule has 2 heterocycles. The van der Waals surface area contributed by atoms with E-state index in [1.165, 1.54) is 20.5 Å². The maximum atomic E-state index is 12.6. The smallest absolute Gasteiger partial charge is 0.266 e. The van der Waals surface area contributed by atoms with E-state index in [-0.39, 0.29) is 18.0 Å². The molecule has 1 amide bonds. The first kappa shape index (κ1) is 19.1. The monoisotopic (exact) mass is 433 g/mol. The summed E-state index contributed by atoms with van der Waals surface area (Å²) in [5.74, 6) is 0.564. The number of fused-ring (bicyclic) bond motifs is 1. The van der Waals surface area contributed by atoms with E-state index in [0.717, 1.165) is 11.3 Å². The fourth-order valence-corrected chi connectivity index (χ4v) is 3.23. The lowest BCUT2D eigenvalue weighted by Gasteiger charge is -2.18. The quantitative estimate of drug-likeness (QED) is 0.591. The van der Waals surface area contributed by atoms with Crippen molar-refractivity contribution in [3.05, 3.63) is 51.1 Å². The highest BCUT2D eigenvalue weighted by Gasteiger charge is 2.16. The Bertz CT molecular complexity index is 1040. The van der Waals surface area contributed by atoms with Gasteiger partial charge < -0.3 is 9.64 Å². The number of halogens is 1. The summed E-state index contributed by atoms with van der Waals surface area (Å²) in [4.78, 5) is 30.8. The number of carbonyl (C=O) groups is 1. The molecular formula is C18H20BrN5O3. The van der Waals surface area contributed by atoms with Crippen LogP contribution in [0.5, 0.6) is 5.75 Å². The zero-order valence-corrected chi connectivity index (χ0v) is 16.9. The van der Waals surface area contributed by atoms with Gasteiger partial charge in [0.15, 0.2) is 5.65 Å². The predicted octanol–water partition coefficient (Wildman–Crippen LogP) is 1.74. The third-order valence-corrected chi connectivity index (χ3v) is 4.74. The largest absolute Gasteiger partial charge is 0.492 e. The minimum atomic E-state index is -0.308. The Morgan fingerprint density at radius 2 is 2.15 bits per heavy atom. The Morgan fingerprint density at radius 1 is 1.37 bits per heavy atom. The molecule has 1 aromatic carbocycles. The van der Waals surface area contributed by atoms with Crippen LogP contribution in [0.1, 0.15) is 5.56 Å². The summed E-state index contributed by atoms with van der Waals surface area (Å²) in [6, 6.07) is 7.73. The first-order valence-electron chi connectivity index (χ1n) is 8.38. The molecule has 0 N–H and O–H groups in total. The van der Waals surface area contributed by atoms with Gasteiger partial charge in [0.2, 0.25) is 5.91 Å². The molecule has 0 spiro atoms. The first-order valence-corrected chi connectivity index (χ1v) is 9.17. The van der Waals surface area contributed by atoms with Gasteiger partial charge in [0, 0.05) is 14.1 Å². The number of aromatic nitrogens is 4. The Kier molecular flexibility index (Phi) is 5.59. The third-order valence-electron chi connectivity index (χ3n) is 4.18. The highest BCUT2D eigenvalue weighted by Crippen LogP contribution is 2.16. The van der Waals surface area contributed by atoms with Crippen molar-refractivity contribution in [2.24, 2.45) is 7.05 Å². The lowest BCUT2D eigenvalue weighted by molar-refractivity contribution is -0.130. The first-order chi connectivity index (χ1) is 12.9. The Balaban J connectivity index is 1.63. The number of hydrogen-bond donors (Lipinski definition) is 0. The summed E-state index contributed by atoms with van der Waals surface area (Å²) < 4.78 is 8.88. The number of benzene rings is 1. The van der Waals surface area contributed by atoms with Gasteiger partial charge in [-0.25, -0.2) is 9.67 Å². The molecule has 0 unspecified atom stereocenters. The molecule has 0 atom stereocenters. The normalized spacial score (nSPS) is 11.0. The number of ether oxygens (including phenoxy) is 1. The van der Waals surface area contributed by atoms with Gasteiger partial charge in [-0.2, -0.15) is 5.10 Å². The maximum absolute atomic E-state index is 12.6. The fourth-order valence-electron chi connectivity index (χ4n) is 2.64. The van der Waals surface area contributed by atoms with Gasteiger partial charge in [-0.15, -0.1) is 0 Å². The standard InChI is InChI=1S/C18H20BrN5O3/c1-12-5-4-6-13(9-12)27-8-7-22(2)14(25)10-24-11-20-17-15(18(24)26)16(19)21-23(17)3/h4-6,9,11H,7-8,10H2,1-3H3. The van der Waals surface area contributed by atoms with Crippen molar-refractivity contribution in [2.75, 3.05) is 20.2 Å². The lowest BCUT2D eigenvalue weighted by Crippen LogP contribution is -2.36. The van der Waals surface area contributed by atoms with Gasteiger partial charge in [0.1, 0.15) is 35.2 Å². The Hall–Kier alpha value is -2.68. The van der Waals surface area contributed by atoms with Gasteiger partial charge >= 0.3 is 0 Å². The van der Waals surface area contributed by atoms with Crippen molar-refractivity contribution >= 4 is 32.9 Å². The summed E-state index contributed by atoms with van der Waals surface area (Å²) in [7, 11) is 3.38. The van der Waals surface area contributed by atoms with Crippen LogP contribution in [0.3, 0.4) is 0 Å². The highest BCUT2D eigenvalue weighted by atomic mass is 79.9. The van der Waals surface area contributed by atoms with Gasteiger partial charge in [-0.05, 0) is 40.5 Å². The van der Waals surface area contributed by atoms with Gasteiger partial charge in [-0.3, -0.25) is 14.2 Å². The van der Waals surface area contributed by atoms with Crippen molar-refractivity contribution in [2.45, 2.75) is 13.5 Å². The SMILES string of the molecule is Cc1cccc(OCCN(C)C(=O)Cn2cnc3c(c(Br)nn3C)c2=O)c1. The molecule has 0 aliphatic rings. The van der Waals surface area contributed by atoms with Crippen LogP contribution in [0.25, 0.3) is 11.0 Å². The molecule has 0 saturated heterocycles. The third kappa shape index (κ3) is 4.19. The maximum Gasteiger partial charge on any atom is 0.266 e. The molecule has 0 aliphatic heterocycles. The average molecular weight is 434 g/mol. The molecule has 8 nitrogen and oxygen atoms in total. The van der Waals surface area contributed by atoms with E-state index in [4.69, 9.17) is 4.74 Å². The van der Waals surface area contributed by atoms with Crippen LogP contribution in [0, 0.1) is 6.92 Å². The van der Waals surface area contributed by atoms with Crippen molar-refractivity contribution in [3.63, 3.8) is 0 Å². The second-order valence-corrected chi connectivity index (χ2v) is 7.02. The van der Waals surface area contributed by atoms with Gasteiger partial charge in [-0.1, -0.05) is 12.1 Å². The highest BCUT2D eigenvalue weighted by molar-refractivity contribution is 9.10. The Labute approximate surface area is 164 Å². The number of carbonyl (C=O) groups excluding carboxylic acids is 1. The second-order valence-electron chi connectivity index (χ2n) is 6.27. The van der Waals surface area contributed by atoms with Crippen LogP contribution < -0.4 is 10.3 Å². The summed E-state index contributed by atoms with van der Waals surface area (Å²) in [5.41, 5.74) is 1.27. The molecule has 0 radical (unpaired) electrons. The van der Waals surface area contributed by atoms with Crippen LogP contribution >= 0.6 is 15.9 Å². The van der Waals surface area contributed by atoms with Gasteiger partial charge in [0.25, 0.3) is 5.56 Å². The summed E-state index contributed by atoms with van der Waals surface area (Å²) >= 11 is 3.26. The van der Waals surface area contributed by atoms with E-state index in [9.17, 15) is 9.59 Å². The van der Waals surface area contributed by atoms with Crippen LogP contribution in [-0.4, -0.2) is 50.3 Å². The molecule has 0 aliphatic carbocycles. The molecule has 0 fully saturated rings. The summed E-state index contributed by atoms with van der Waals surface area (Å²) in [6.45, 7) is 2.68. The van der Waals surface area contributed by atoms with Crippen molar-refractivity contribution in [1.82, 2.24) is 24.2 Å². The predicted molar refractivity (Wildman–Crippen MR) is 105 cm³/mol. The van der Waals surface area contributed by atoms with E-state index >= 15 is 0 Å². The van der Waals surface area contributed by atoms with Crippen molar-refractivity contribution < 1.29 is 9.53 Å². The second kappa shape index (κ2) is 7.91. The number of hydrogen-bond acceptors (Lipinski definition) is 5. The molecule has 27 heavy (non-hydrogen) atoms. The molecule has 0 saturated carbocycles. The van der Waals surface area contributed by atoms with Crippen molar-refractivity contribution in [1.29, 1.82) is 0 Å². The zero-order chi connectivity index (χ0) is 19.6. The number of rotatable bonds is 6. The Morgan fingerprint density at radius 3 is 2.89 bits per heavy atom. The van der Waals surface area contributed by atoms with E-state index in [0.29, 0.717) is 28.8 Å². The number of nitrogens with zero attached hydrogens (tertiary/aromatic N) is 5. The minimum Gasteiger partial charge on any atom is -0.492 e. The zero-order valence-electron chi connectivity index (χ0n) is 15.3. The molecule has 3 rings (SSSR count). The summed E-state index contributed by atoms with van der Waals surface area (Å²) in [5, 5.41) is 4.49. The number of amides is 1. The molecular weight excluding hydrogens is 414 g/mol. The van der Waals surface area contributed by atoms with E-state index in [2.05, 4.69) is 26.0 Å². The van der Waals surface area contributed by atoms with E-state index < -0.39 is 0 Å². The minimum absolute atomic E-state index is 0.0932. The molecule has 2 aromatic heterocycles. The van der Waals surface area contributed by atoms with Crippen LogP contribution in [-0.2, 0) is 18.4 Å². The van der Waals surface area contributed by atoms with E-state index in [1.807, 2.05) is 31.2 Å². The molecule has 142 valence electrons. The topological polar surface area (TPSA) is 82.2 Å². The molecule has 9 heteroatoms. The number of aryl methyl sites for hydroxylation is 2. The average Bonchev–Trinajstić information content (AvgIpc) is 2.91. The summed E-state index contributed by atoms with van der Waals surface area (Å²) in [6.07, 6.45) is 1.37. The van der Waals surface area contributed by atoms with E-state index in [1.54, 1.807) is 14.1 Å². The molecule has 0 bridgehead atoms. The van der Waals surface area contributed by atoms with Gasteiger partial charge in [0.05, 0.1) is 6.54 Å². The van der Waals surface area contributed by atoms with Crippen LogP contribution in [0.4, 0.5) is 0 Å². The van der Waals surface area contributed by atoms with Crippen LogP contribution in [0.2, 0.25) is 0 Å². The fraction of sp³-hybridized carbons (Fsp3) is 0.333. The van der Waals surface area contributed by atoms with Crippen molar-refractivity contribution in [3.8, 4) is 5.75 Å². The molecule has 3 aromatic rings. The lowest BCUT2D eigenvalue weighted by atomic mass is 10.2. The number of likely N-dealkylation sites (N-methyl/N-ethyl adjacent to an activating group) is 1. The van der Waals surface area contributed by atoms with Crippen LogP contribution in [0.15, 0.2) is 40.0 Å².